The normalized spacial score (nSPS) is 41.0. The highest BCUT2D eigenvalue weighted by molar-refractivity contribution is 7.46. The monoisotopic (exact) mass is 260 g/mol. The minimum Gasteiger partial charge on any atom is -0.394 e. The average molecular weight is 260 g/mol. The van der Waals surface area contributed by atoms with Crippen LogP contribution in [0.4, 0.5) is 0 Å². The zero-order valence-electron chi connectivity index (χ0n) is 7.95. The summed E-state index contributed by atoms with van der Waals surface area (Å²) in [6.07, 6.45) is -8.30. The fourth-order valence-corrected chi connectivity index (χ4v) is 1.89. The maximum absolute atomic E-state index is 10.5. The first-order chi connectivity index (χ1) is 7.26. The van der Waals surface area contributed by atoms with Gasteiger partial charge in [-0.1, -0.05) is 0 Å². The van der Waals surface area contributed by atoms with Crippen LogP contribution in [0.5, 0.6) is 0 Å². The van der Waals surface area contributed by atoms with E-state index in [1.165, 1.54) is 0 Å². The number of phosphoric ester groups is 1. The summed E-state index contributed by atoms with van der Waals surface area (Å²) in [6.45, 7) is -0.669. The number of ether oxygens (including phenoxy) is 1. The summed E-state index contributed by atoms with van der Waals surface area (Å²) in [5, 5.41) is 36.7. The predicted molar refractivity (Wildman–Crippen MR) is 46.9 cm³/mol. The molecule has 1 saturated heterocycles. The van der Waals surface area contributed by atoms with Crippen LogP contribution >= 0.6 is 7.82 Å². The molecule has 0 aliphatic carbocycles. The lowest BCUT2D eigenvalue weighted by molar-refractivity contribution is -0.282. The van der Waals surface area contributed by atoms with Crippen LogP contribution in [-0.4, -0.2) is 67.5 Å². The van der Waals surface area contributed by atoms with E-state index in [4.69, 9.17) is 14.9 Å². The Labute approximate surface area is 90.1 Å². The smallest absolute Gasteiger partial charge is 0.394 e. The van der Waals surface area contributed by atoms with Crippen LogP contribution in [-0.2, 0) is 13.8 Å². The fraction of sp³-hybridized carbons (Fsp3) is 1.00. The van der Waals surface area contributed by atoms with Crippen LogP contribution in [0.2, 0.25) is 0 Å². The molecule has 1 aliphatic rings. The highest BCUT2D eigenvalue weighted by Crippen LogP contribution is 2.40. The molecule has 0 spiro atoms. The van der Waals surface area contributed by atoms with Crippen molar-refractivity contribution in [1.29, 1.82) is 0 Å². The van der Waals surface area contributed by atoms with E-state index in [0.29, 0.717) is 0 Å². The molecule has 0 aromatic heterocycles. The molecule has 5 atom stereocenters. The van der Waals surface area contributed by atoms with Gasteiger partial charge < -0.3 is 34.9 Å². The Morgan fingerprint density at radius 1 is 1.19 bits per heavy atom. The minimum absolute atomic E-state index is 0.669. The van der Waals surface area contributed by atoms with Crippen molar-refractivity contribution in [2.24, 2.45) is 0 Å². The van der Waals surface area contributed by atoms with Gasteiger partial charge in [0.05, 0.1) is 6.61 Å². The molecule has 0 unspecified atom stereocenters. The fourth-order valence-electron chi connectivity index (χ4n) is 1.34. The van der Waals surface area contributed by atoms with Gasteiger partial charge in [-0.2, -0.15) is 0 Å². The van der Waals surface area contributed by atoms with Gasteiger partial charge in [-0.15, -0.1) is 0 Å². The third kappa shape index (κ3) is 3.20. The summed E-state index contributed by atoms with van der Waals surface area (Å²) < 4.78 is 19.2. The van der Waals surface area contributed by atoms with Crippen molar-refractivity contribution in [2.75, 3.05) is 6.61 Å². The Hall–Kier alpha value is -0.0900. The lowest BCUT2D eigenvalue weighted by Gasteiger charge is -2.39. The van der Waals surface area contributed by atoms with Crippen LogP contribution in [0, 0.1) is 0 Å². The van der Waals surface area contributed by atoms with E-state index < -0.39 is 45.1 Å². The number of hydrogen-bond acceptors (Lipinski definition) is 7. The van der Waals surface area contributed by atoms with Crippen molar-refractivity contribution in [3.8, 4) is 0 Å². The van der Waals surface area contributed by atoms with Gasteiger partial charge in [-0.3, -0.25) is 4.52 Å². The molecular weight excluding hydrogens is 247 g/mol. The molecule has 16 heavy (non-hydrogen) atoms. The van der Waals surface area contributed by atoms with Gasteiger partial charge in [-0.25, -0.2) is 4.57 Å². The molecule has 0 bridgehead atoms. The zero-order chi connectivity index (χ0) is 12.5. The van der Waals surface area contributed by atoms with Gasteiger partial charge in [0.1, 0.15) is 24.4 Å². The minimum atomic E-state index is -4.94. The first kappa shape index (κ1) is 14.0. The Bertz CT molecular complexity index is 277. The lowest BCUT2D eigenvalue weighted by atomic mass is 9.99. The largest absolute Gasteiger partial charge is 0.470 e. The standard InChI is InChI=1S/C6H13O9P/c7-1-2-3(8)4(9)5(6(10)14-2)15-16(11,12)13/h2-10H,1H2,(H2,11,12,13)/t2-,3+,4+,5-,6+/m1/s1. The quantitative estimate of drug-likeness (QED) is 0.289. The first-order valence-corrected chi connectivity index (χ1v) is 5.83. The number of phosphoric acid groups is 1. The van der Waals surface area contributed by atoms with Crippen molar-refractivity contribution in [3.63, 3.8) is 0 Å². The zero-order valence-corrected chi connectivity index (χ0v) is 8.84. The summed E-state index contributed by atoms with van der Waals surface area (Å²) >= 11 is 0. The second-order valence-electron chi connectivity index (χ2n) is 3.29. The van der Waals surface area contributed by atoms with Crippen LogP contribution in [0.1, 0.15) is 0 Å². The molecule has 1 heterocycles. The van der Waals surface area contributed by atoms with Crippen LogP contribution < -0.4 is 0 Å². The molecule has 10 heteroatoms. The van der Waals surface area contributed by atoms with Crippen LogP contribution in [0.25, 0.3) is 0 Å². The van der Waals surface area contributed by atoms with E-state index in [2.05, 4.69) is 9.26 Å². The van der Waals surface area contributed by atoms with Crippen molar-refractivity contribution in [3.05, 3.63) is 0 Å². The van der Waals surface area contributed by atoms with Crippen LogP contribution in [0.3, 0.4) is 0 Å². The van der Waals surface area contributed by atoms with Gasteiger partial charge in [0.15, 0.2) is 6.29 Å². The summed E-state index contributed by atoms with van der Waals surface area (Å²) in [5.74, 6) is 0. The summed E-state index contributed by atoms with van der Waals surface area (Å²) in [5.41, 5.74) is 0. The number of aliphatic hydroxyl groups excluding tert-OH is 4. The van der Waals surface area contributed by atoms with Gasteiger partial charge >= 0.3 is 7.82 Å². The molecule has 1 fully saturated rings. The summed E-state index contributed by atoms with van der Waals surface area (Å²) in [4.78, 5) is 17.0. The van der Waals surface area contributed by atoms with Gasteiger partial charge in [0, 0.05) is 0 Å². The molecule has 1 aliphatic heterocycles. The van der Waals surface area contributed by atoms with E-state index in [1.807, 2.05) is 0 Å². The Morgan fingerprint density at radius 2 is 1.75 bits per heavy atom. The topological polar surface area (TPSA) is 157 Å². The summed E-state index contributed by atoms with van der Waals surface area (Å²) in [7, 11) is -4.94. The van der Waals surface area contributed by atoms with Crippen LogP contribution in [0.15, 0.2) is 0 Å². The SMILES string of the molecule is O=P(O)(O)O[C@@H]1[C@@H](O)[C@@H](O)[C@@H](CO)O[C@@H]1O. The average Bonchev–Trinajstić information content (AvgIpc) is 2.17. The number of hydrogen-bond donors (Lipinski definition) is 6. The number of rotatable bonds is 3. The lowest BCUT2D eigenvalue weighted by Crippen LogP contribution is -2.59. The first-order valence-electron chi connectivity index (χ1n) is 4.30. The van der Waals surface area contributed by atoms with E-state index >= 15 is 0 Å². The molecule has 9 nitrogen and oxygen atoms in total. The number of aliphatic hydroxyl groups is 4. The molecule has 0 amide bonds. The molecule has 0 saturated carbocycles. The van der Waals surface area contributed by atoms with Crippen molar-refractivity contribution in [2.45, 2.75) is 30.7 Å². The Kier molecular flexibility index (Phi) is 4.41. The van der Waals surface area contributed by atoms with E-state index in [-0.39, 0.29) is 0 Å². The maximum atomic E-state index is 10.5. The van der Waals surface area contributed by atoms with E-state index in [0.717, 1.165) is 0 Å². The third-order valence-electron chi connectivity index (χ3n) is 2.10. The molecule has 0 radical (unpaired) electrons. The molecule has 96 valence electrons. The third-order valence-corrected chi connectivity index (χ3v) is 2.62. The summed E-state index contributed by atoms with van der Waals surface area (Å²) in [6, 6.07) is 0. The molecule has 0 aromatic rings. The molecule has 1 rings (SSSR count). The van der Waals surface area contributed by atoms with Crippen molar-refractivity contribution in [1.82, 2.24) is 0 Å². The van der Waals surface area contributed by atoms with Crippen molar-refractivity contribution < 1.29 is 44.0 Å². The van der Waals surface area contributed by atoms with Crippen molar-refractivity contribution >= 4 is 7.82 Å². The van der Waals surface area contributed by atoms with Gasteiger partial charge in [0.25, 0.3) is 0 Å². The maximum Gasteiger partial charge on any atom is 0.470 e. The van der Waals surface area contributed by atoms with E-state index in [1.54, 1.807) is 0 Å². The second-order valence-corrected chi connectivity index (χ2v) is 4.48. The predicted octanol–water partition coefficient (Wildman–Crippen LogP) is -3.10. The molecule has 0 aromatic carbocycles. The highest BCUT2D eigenvalue weighted by Gasteiger charge is 2.46. The second kappa shape index (κ2) is 5.05. The highest BCUT2D eigenvalue weighted by atomic mass is 31.2. The molecule has 6 N–H and O–H groups in total. The molecular formula is C6H13O9P. The Morgan fingerprint density at radius 3 is 2.19 bits per heavy atom. The van der Waals surface area contributed by atoms with Gasteiger partial charge in [-0.05, 0) is 0 Å². The van der Waals surface area contributed by atoms with E-state index in [9.17, 15) is 19.9 Å². The van der Waals surface area contributed by atoms with Gasteiger partial charge in [0.2, 0.25) is 0 Å². The Balaban J connectivity index is 2.76.